The fourth-order valence-corrected chi connectivity index (χ4v) is 6.22. The first kappa shape index (κ1) is 36.5. The van der Waals surface area contributed by atoms with Crippen LogP contribution in [0.3, 0.4) is 0 Å². The van der Waals surface area contributed by atoms with Crippen LogP contribution in [0.2, 0.25) is 0 Å². The number of nitrogens with one attached hydrogen (secondary N) is 2. The Morgan fingerprint density at radius 3 is 1.54 bits per heavy atom. The first-order valence-electron chi connectivity index (χ1n) is 16.8. The fourth-order valence-electron chi connectivity index (χ4n) is 6.22. The molecule has 4 aromatic rings. The molecule has 0 radical (unpaired) electrons. The summed E-state index contributed by atoms with van der Waals surface area (Å²) in [4.78, 5) is 28.0. The predicted molar refractivity (Wildman–Crippen MR) is 189 cm³/mol. The second-order valence-corrected chi connectivity index (χ2v) is 13.8. The molecule has 0 unspecified atom stereocenters. The zero-order valence-electron chi connectivity index (χ0n) is 29.5. The van der Waals surface area contributed by atoms with Gasteiger partial charge in [-0.2, -0.15) is 0 Å². The standard InChI is InChI=1S/2C20H23FN2O2/c1-14-19(24)22-20(2,3)23(14)12-15-7-9-18(10-8-15)25-13-16-5-4-6-17(21)11-16;1-14-19(24)22-20(2,3)23(14)12-15-8-10-17(11-9-15)25-13-16-6-4-5-7-18(16)21/h2*4-11,14H,12-13H2,1-3H3,(H,22,24)/t2*14-/m00/s1. The van der Waals surface area contributed by atoms with Gasteiger partial charge in [-0.25, -0.2) is 8.78 Å². The summed E-state index contributed by atoms with van der Waals surface area (Å²) < 4.78 is 38.1. The van der Waals surface area contributed by atoms with Crippen LogP contribution in [0.25, 0.3) is 0 Å². The number of carbonyl (C=O) groups excluding carboxylic acids is 2. The highest BCUT2D eigenvalue weighted by Crippen LogP contribution is 2.27. The van der Waals surface area contributed by atoms with E-state index in [4.69, 9.17) is 9.47 Å². The summed E-state index contributed by atoms with van der Waals surface area (Å²) in [6.07, 6.45) is 0. The van der Waals surface area contributed by atoms with E-state index in [0.29, 0.717) is 31.0 Å². The van der Waals surface area contributed by atoms with E-state index in [-0.39, 0.29) is 53.5 Å². The Kier molecular flexibility index (Phi) is 11.2. The van der Waals surface area contributed by atoms with Crippen LogP contribution in [0, 0.1) is 11.6 Å². The monoisotopic (exact) mass is 684 g/mol. The number of amides is 2. The zero-order valence-corrected chi connectivity index (χ0v) is 29.5. The summed E-state index contributed by atoms with van der Waals surface area (Å²) in [5.41, 5.74) is 2.80. The summed E-state index contributed by atoms with van der Waals surface area (Å²) in [6, 6.07) is 28.1. The largest absolute Gasteiger partial charge is 0.489 e. The topological polar surface area (TPSA) is 83.1 Å². The number of benzene rings is 4. The smallest absolute Gasteiger partial charge is 0.238 e. The van der Waals surface area contributed by atoms with Crippen molar-refractivity contribution in [1.29, 1.82) is 0 Å². The molecule has 2 saturated heterocycles. The van der Waals surface area contributed by atoms with Gasteiger partial charge < -0.3 is 20.1 Å². The van der Waals surface area contributed by atoms with Crippen molar-refractivity contribution in [1.82, 2.24) is 20.4 Å². The van der Waals surface area contributed by atoms with E-state index >= 15 is 0 Å². The minimum Gasteiger partial charge on any atom is -0.489 e. The van der Waals surface area contributed by atoms with E-state index in [1.54, 1.807) is 24.3 Å². The third-order valence-electron chi connectivity index (χ3n) is 9.19. The molecule has 2 aliphatic rings. The summed E-state index contributed by atoms with van der Waals surface area (Å²) in [6.45, 7) is 13.7. The van der Waals surface area contributed by atoms with E-state index in [1.807, 2.05) is 96.1 Å². The third-order valence-corrected chi connectivity index (χ3v) is 9.19. The second kappa shape index (κ2) is 15.4. The minimum absolute atomic E-state index is 0.0508. The van der Waals surface area contributed by atoms with Crippen molar-refractivity contribution in [2.75, 3.05) is 0 Å². The van der Waals surface area contributed by atoms with Gasteiger partial charge in [-0.15, -0.1) is 0 Å². The summed E-state index contributed by atoms with van der Waals surface area (Å²) in [5, 5.41) is 5.99. The number of halogens is 2. The molecule has 8 nitrogen and oxygen atoms in total. The molecule has 50 heavy (non-hydrogen) atoms. The first-order chi connectivity index (χ1) is 23.7. The van der Waals surface area contributed by atoms with E-state index in [9.17, 15) is 18.4 Å². The van der Waals surface area contributed by atoms with Crippen molar-refractivity contribution in [2.24, 2.45) is 0 Å². The van der Waals surface area contributed by atoms with Crippen molar-refractivity contribution < 1.29 is 27.8 Å². The van der Waals surface area contributed by atoms with Gasteiger partial charge in [0, 0.05) is 18.7 Å². The number of hydrogen-bond acceptors (Lipinski definition) is 6. The third kappa shape index (κ3) is 9.05. The molecule has 0 saturated carbocycles. The van der Waals surface area contributed by atoms with Gasteiger partial charge in [-0.3, -0.25) is 19.4 Å². The molecule has 0 aliphatic carbocycles. The van der Waals surface area contributed by atoms with E-state index in [0.717, 1.165) is 22.4 Å². The Morgan fingerprint density at radius 1 is 0.620 bits per heavy atom. The van der Waals surface area contributed by atoms with Gasteiger partial charge in [-0.05, 0) is 101 Å². The molecule has 2 heterocycles. The van der Waals surface area contributed by atoms with Crippen molar-refractivity contribution in [3.05, 3.63) is 131 Å². The van der Waals surface area contributed by atoms with Crippen LogP contribution in [0.15, 0.2) is 97.1 Å². The normalized spacial score (nSPS) is 19.7. The minimum atomic E-state index is -0.365. The molecule has 2 aliphatic heterocycles. The quantitative estimate of drug-likeness (QED) is 0.189. The predicted octanol–water partition coefficient (Wildman–Crippen LogP) is 6.92. The molecular formula is C40H46F2N4O4. The first-order valence-corrected chi connectivity index (χ1v) is 16.8. The molecule has 4 aromatic carbocycles. The van der Waals surface area contributed by atoms with Gasteiger partial charge in [0.1, 0.15) is 36.3 Å². The maximum absolute atomic E-state index is 13.6. The molecule has 0 bridgehead atoms. The molecular weight excluding hydrogens is 638 g/mol. The lowest BCUT2D eigenvalue weighted by atomic mass is 10.1. The highest BCUT2D eigenvalue weighted by Gasteiger charge is 2.43. The van der Waals surface area contributed by atoms with Crippen LogP contribution in [0.5, 0.6) is 11.5 Å². The highest BCUT2D eigenvalue weighted by atomic mass is 19.1. The lowest BCUT2D eigenvalue weighted by Gasteiger charge is -2.32. The van der Waals surface area contributed by atoms with Crippen LogP contribution < -0.4 is 20.1 Å². The summed E-state index contributed by atoms with van der Waals surface area (Å²) >= 11 is 0. The molecule has 6 rings (SSSR count). The zero-order chi connectivity index (χ0) is 36.1. The number of hydrogen-bond donors (Lipinski definition) is 2. The Balaban J connectivity index is 0.000000194. The van der Waals surface area contributed by atoms with Gasteiger partial charge in [0.2, 0.25) is 11.8 Å². The maximum Gasteiger partial charge on any atom is 0.238 e. The Morgan fingerprint density at radius 2 is 1.10 bits per heavy atom. The van der Waals surface area contributed by atoms with Gasteiger partial charge in [0.15, 0.2) is 0 Å². The van der Waals surface area contributed by atoms with Crippen molar-refractivity contribution in [3.8, 4) is 11.5 Å². The number of carbonyl (C=O) groups is 2. The number of ether oxygens (including phenoxy) is 2. The second-order valence-electron chi connectivity index (χ2n) is 13.8. The lowest BCUT2D eigenvalue weighted by Crippen LogP contribution is -2.46. The Labute approximate surface area is 293 Å². The summed E-state index contributed by atoms with van der Waals surface area (Å²) in [5.74, 6) is 1.00. The molecule has 2 atom stereocenters. The molecule has 10 heteroatoms. The molecule has 0 spiro atoms. The van der Waals surface area contributed by atoms with Crippen LogP contribution >= 0.6 is 0 Å². The van der Waals surface area contributed by atoms with Gasteiger partial charge in [0.25, 0.3) is 0 Å². The highest BCUT2D eigenvalue weighted by molar-refractivity contribution is 5.84. The Hall–Kier alpha value is -4.80. The van der Waals surface area contributed by atoms with Crippen molar-refractivity contribution in [2.45, 2.75) is 91.3 Å². The van der Waals surface area contributed by atoms with Crippen LogP contribution in [0.1, 0.15) is 63.8 Å². The van der Waals surface area contributed by atoms with E-state index in [2.05, 4.69) is 20.4 Å². The fraction of sp³-hybridized carbons (Fsp3) is 0.350. The average Bonchev–Trinajstić information content (AvgIpc) is 3.40. The maximum atomic E-state index is 13.6. The number of nitrogens with zero attached hydrogens (tertiary/aromatic N) is 2. The van der Waals surface area contributed by atoms with Crippen LogP contribution in [0.4, 0.5) is 8.78 Å². The van der Waals surface area contributed by atoms with Gasteiger partial charge in [0.05, 0.1) is 23.4 Å². The number of rotatable bonds is 10. The van der Waals surface area contributed by atoms with E-state index < -0.39 is 0 Å². The molecule has 264 valence electrons. The SMILES string of the molecule is C[C@H]1C(=O)NC(C)(C)N1Cc1ccc(OCc2cccc(F)c2)cc1.C[C@H]1C(=O)NC(C)(C)N1Cc1ccc(OCc2ccccc2F)cc1. The van der Waals surface area contributed by atoms with Crippen molar-refractivity contribution >= 4 is 11.8 Å². The molecule has 0 aromatic heterocycles. The molecule has 2 amide bonds. The van der Waals surface area contributed by atoms with Gasteiger partial charge in [-0.1, -0.05) is 54.6 Å². The lowest BCUT2D eigenvalue weighted by molar-refractivity contribution is -0.122. The van der Waals surface area contributed by atoms with Gasteiger partial charge >= 0.3 is 0 Å². The Bertz CT molecular complexity index is 1780. The van der Waals surface area contributed by atoms with Crippen LogP contribution in [-0.4, -0.2) is 45.0 Å². The van der Waals surface area contributed by atoms with Crippen molar-refractivity contribution in [3.63, 3.8) is 0 Å². The van der Waals surface area contributed by atoms with Crippen LogP contribution in [-0.2, 0) is 35.9 Å². The molecule has 2 N–H and O–H groups in total. The average molecular weight is 685 g/mol. The summed E-state index contributed by atoms with van der Waals surface area (Å²) in [7, 11) is 0. The molecule has 2 fully saturated rings. The van der Waals surface area contributed by atoms with E-state index in [1.165, 1.54) is 18.2 Å².